The zero-order valence-corrected chi connectivity index (χ0v) is 15.2. The third-order valence-electron chi connectivity index (χ3n) is 3.42. The minimum Gasteiger partial charge on any atom is -0.481 e. The number of hydrogen-bond donors (Lipinski definition) is 1. The summed E-state index contributed by atoms with van der Waals surface area (Å²) in [6.07, 6.45) is 31.4. The lowest BCUT2D eigenvalue weighted by Crippen LogP contribution is -1.91. The van der Waals surface area contributed by atoms with Crippen LogP contribution in [0.25, 0.3) is 0 Å². The number of carboxylic acids is 1. The van der Waals surface area contributed by atoms with Crippen LogP contribution in [0.15, 0.2) is 60.8 Å². The first-order valence-corrected chi connectivity index (χ1v) is 9.24. The molecule has 24 heavy (non-hydrogen) atoms. The monoisotopic (exact) mass is 330 g/mol. The topological polar surface area (TPSA) is 37.3 Å². The van der Waals surface area contributed by atoms with Gasteiger partial charge in [-0.15, -0.1) is 0 Å². The molecule has 0 radical (unpaired) electrons. The molecule has 0 aromatic carbocycles. The quantitative estimate of drug-likeness (QED) is 0.265. The first-order valence-electron chi connectivity index (χ1n) is 9.24. The van der Waals surface area contributed by atoms with Crippen LogP contribution in [0.1, 0.15) is 71.1 Å². The molecule has 2 nitrogen and oxygen atoms in total. The summed E-state index contributed by atoms with van der Waals surface area (Å²) in [7, 11) is 0. The van der Waals surface area contributed by atoms with Crippen LogP contribution in [0.2, 0.25) is 0 Å². The Labute approximate surface area is 148 Å². The van der Waals surface area contributed by atoms with Gasteiger partial charge in [-0.1, -0.05) is 80.5 Å². The van der Waals surface area contributed by atoms with Gasteiger partial charge in [-0.25, -0.2) is 0 Å². The van der Waals surface area contributed by atoms with Crippen LogP contribution in [0.5, 0.6) is 0 Å². The fourth-order valence-corrected chi connectivity index (χ4v) is 2.04. The SMILES string of the molecule is CCCCC/C=C/C/C=C/C/C=C/C/C=C/C/C=C\CCC(=O)O. The highest BCUT2D eigenvalue weighted by atomic mass is 16.4. The van der Waals surface area contributed by atoms with Crippen LogP contribution in [-0.4, -0.2) is 11.1 Å². The summed E-state index contributed by atoms with van der Waals surface area (Å²) in [4.78, 5) is 10.3. The van der Waals surface area contributed by atoms with Crippen molar-refractivity contribution >= 4 is 5.97 Å². The van der Waals surface area contributed by atoms with Gasteiger partial charge < -0.3 is 5.11 Å². The van der Waals surface area contributed by atoms with E-state index in [-0.39, 0.29) is 6.42 Å². The average molecular weight is 331 g/mol. The normalized spacial score (nSPS) is 12.7. The van der Waals surface area contributed by atoms with E-state index in [9.17, 15) is 4.79 Å². The molecule has 0 heterocycles. The van der Waals surface area contributed by atoms with E-state index in [0.29, 0.717) is 6.42 Å². The van der Waals surface area contributed by atoms with Crippen molar-refractivity contribution in [3.05, 3.63) is 60.8 Å². The Hall–Kier alpha value is -1.83. The molecule has 0 rings (SSSR count). The third-order valence-corrected chi connectivity index (χ3v) is 3.42. The average Bonchev–Trinajstić information content (AvgIpc) is 2.56. The Balaban J connectivity index is 3.46. The number of unbranched alkanes of at least 4 members (excludes halogenated alkanes) is 3. The van der Waals surface area contributed by atoms with Gasteiger partial charge in [0.25, 0.3) is 0 Å². The second-order valence-corrected chi connectivity index (χ2v) is 5.73. The van der Waals surface area contributed by atoms with Gasteiger partial charge in [-0.3, -0.25) is 4.79 Å². The molecule has 0 fully saturated rings. The van der Waals surface area contributed by atoms with E-state index in [1.54, 1.807) is 0 Å². The summed E-state index contributed by atoms with van der Waals surface area (Å²) in [5.41, 5.74) is 0. The first kappa shape index (κ1) is 22.2. The highest BCUT2D eigenvalue weighted by Crippen LogP contribution is 2.01. The predicted molar refractivity (Wildman–Crippen MR) is 105 cm³/mol. The van der Waals surface area contributed by atoms with Crippen molar-refractivity contribution < 1.29 is 9.90 Å². The largest absolute Gasteiger partial charge is 0.481 e. The van der Waals surface area contributed by atoms with Crippen molar-refractivity contribution in [2.24, 2.45) is 0 Å². The fourth-order valence-electron chi connectivity index (χ4n) is 2.04. The second kappa shape index (κ2) is 19.2. The lowest BCUT2D eigenvalue weighted by atomic mass is 10.2. The zero-order valence-electron chi connectivity index (χ0n) is 15.2. The fraction of sp³-hybridized carbons (Fsp3) is 0.500. The summed E-state index contributed by atoms with van der Waals surface area (Å²) < 4.78 is 0. The molecule has 0 unspecified atom stereocenters. The number of aliphatic carboxylic acids is 1. The minimum atomic E-state index is -0.739. The molecular weight excluding hydrogens is 296 g/mol. The van der Waals surface area contributed by atoms with Gasteiger partial charge in [0.15, 0.2) is 0 Å². The van der Waals surface area contributed by atoms with Gasteiger partial charge in [0.05, 0.1) is 0 Å². The van der Waals surface area contributed by atoms with Gasteiger partial charge in [0, 0.05) is 6.42 Å². The lowest BCUT2D eigenvalue weighted by Gasteiger charge is -1.90. The van der Waals surface area contributed by atoms with Gasteiger partial charge in [-0.2, -0.15) is 0 Å². The zero-order chi connectivity index (χ0) is 17.7. The van der Waals surface area contributed by atoms with E-state index in [1.807, 2.05) is 12.2 Å². The van der Waals surface area contributed by atoms with Gasteiger partial charge in [0.1, 0.15) is 0 Å². The van der Waals surface area contributed by atoms with Gasteiger partial charge >= 0.3 is 5.97 Å². The van der Waals surface area contributed by atoms with E-state index in [0.717, 1.165) is 25.7 Å². The Morgan fingerprint density at radius 1 is 0.667 bits per heavy atom. The molecule has 0 amide bonds. The Morgan fingerprint density at radius 2 is 1.08 bits per heavy atom. The first-order chi connectivity index (χ1) is 11.8. The highest BCUT2D eigenvalue weighted by Gasteiger charge is 1.90. The summed E-state index contributed by atoms with van der Waals surface area (Å²) in [5.74, 6) is -0.739. The van der Waals surface area contributed by atoms with E-state index in [2.05, 4.69) is 55.5 Å². The van der Waals surface area contributed by atoms with E-state index in [1.165, 1.54) is 25.7 Å². The molecule has 0 aliphatic carbocycles. The summed E-state index contributed by atoms with van der Waals surface area (Å²) >= 11 is 0. The van der Waals surface area contributed by atoms with Crippen LogP contribution < -0.4 is 0 Å². The van der Waals surface area contributed by atoms with E-state index in [4.69, 9.17) is 5.11 Å². The smallest absolute Gasteiger partial charge is 0.303 e. The van der Waals surface area contributed by atoms with Crippen LogP contribution in [0.4, 0.5) is 0 Å². The van der Waals surface area contributed by atoms with Crippen LogP contribution in [-0.2, 0) is 4.79 Å². The standard InChI is InChI=1S/C22H34O2/c1-2-3-4-5-6-7-8-9-10-11-12-13-14-15-16-17-18-19-20-21-22(23)24/h6-7,9-10,12-13,15-16,18-19H,2-5,8,11,14,17,20-21H2,1H3,(H,23,24)/b7-6+,10-9+,13-12+,16-15+,19-18-. The molecule has 2 heteroatoms. The van der Waals surface area contributed by atoms with E-state index >= 15 is 0 Å². The Kier molecular flexibility index (Phi) is 17.8. The van der Waals surface area contributed by atoms with Crippen molar-refractivity contribution in [1.29, 1.82) is 0 Å². The molecule has 1 N–H and O–H groups in total. The molecule has 0 atom stereocenters. The maximum Gasteiger partial charge on any atom is 0.303 e. The Morgan fingerprint density at radius 3 is 1.50 bits per heavy atom. The molecule has 0 saturated heterocycles. The van der Waals surface area contributed by atoms with Crippen molar-refractivity contribution in [3.63, 3.8) is 0 Å². The van der Waals surface area contributed by atoms with Gasteiger partial charge in [-0.05, 0) is 44.9 Å². The number of rotatable bonds is 15. The molecule has 0 aliphatic rings. The summed E-state index contributed by atoms with van der Waals surface area (Å²) in [6.45, 7) is 2.23. The molecule has 0 aromatic rings. The van der Waals surface area contributed by atoms with Gasteiger partial charge in [0.2, 0.25) is 0 Å². The summed E-state index contributed by atoms with van der Waals surface area (Å²) in [5, 5.41) is 8.49. The minimum absolute atomic E-state index is 0.213. The third kappa shape index (κ3) is 20.2. The Bertz CT molecular complexity index is 425. The molecule has 0 aromatic heterocycles. The van der Waals surface area contributed by atoms with Crippen LogP contribution >= 0.6 is 0 Å². The number of carboxylic acid groups (broad SMARTS) is 1. The molecule has 0 bridgehead atoms. The highest BCUT2D eigenvalue weighted by molar-refractivity contribution is 5.66. The van der Waals surface area contributed by atoms with Crippen molar-refractivity contribution in [3.8, 4) is 0 Å². The molecule has 134 valence electrons. The van der Waals surface area contributed by atoms with Crippen LogP contribution in [0.3, 0.4) is 0 Å². The molecule has 0 aliphatic heterocycles. The summed E-state index contributed by atoms with van der Waals surface area (Å²) in [6, 6.07) is 0. The predicted octanol–water partition coefficient (Wildman–Crippen LogP) is 6.77. The maximum atomic E-state index is 10.3. The number of allylic oxidation sites excluding steroid dienone is 10. The van der Waals surface area contributed by atoms with Crippen molar-refractivity contribution in [2.45, 2.75) is 71.1 Å². The number of hydrogen-bond acceptors (Lipinski definition) is 1. The van der Waals surface area contributed by atoms with Crippen molar-refractivity contribution in [2.75, 3.05) is 0 Å². The molecule has 0 saturated carbocycles. The molecular formula is C22H34O2. The second-order valence-electron chi connectivity index (χ2n) is 5.73. The van der Waals surface area contributed by atoms with E-state index < -0.39 is 5.97 Å². The maximum absolute atomic E-state index is 10.3. The molecule has 0 spiro atoms. The van der Waals surface area contributed by atoms with Crippen LogP contribution in [0, 0.1) is 0 Å². The van der Waals surface area contributed by atoms with Crippen molar-refractivity contribution in [1.82, 2.24) is 0 Å². The lowest BCUT2D eigenvalue weighted by molar-refractivity contribution is -0.136. The number of carbonyl (C=O) groups is 1.